The fraction of sp³-hybridized carbons (Fsp3) is 0.636. The standard InChI is InChI=1S/C11H20N4/c1-4-10-8-11(14-9(2)13-10)15(3)7-5-6-12/h8H,4-7,12H2,1-3H3. The summed E-state index contributed by atoms with van der Waals surface area (Å²) in [5, 5.41) is 0. The van der Waals surface area contributed by atoms with Crippen LogP contribution in [0.1, 0.15) is 24.9 Å². The lowest BCUT2D eigenvalue weighted by Gasteiger charge is -2.18. The molecule has 0 bridgehead atoms. The predicted molar refractivity (Wildman–Crippen MR) is 63.1 cm³/mol. The van der Waals surface area contributed by atoms with Crippen LogP contribution in [0.5, 0.6) is 0 Å². The minimum Gasteiger partial charge on any atom is -0.360 e. The highest BCUT2D eigenvalue weighted by Gasteiger charge is 2.04. The molecule has 0 saturated heterocycles. The highest BCUT2D eigenvalue weighted by Crippen LogP contribution is 2.11. The first-order chi connectivity index (χ1) is 7.17. The van der Waals surface area contributed by atoms with Gasteiger partial charge in [0.15, 0.2) is 0 Å². The number of hydrogen-bond donors (Lipinski definition) is 1. The van der Waals surface area contributed by atoms with Gasteiger partial charge in [-0.2, -0.15) is 0 Å². The second-order valence-corrected chi connectivity index (χ2v) is 3.68. The van der Waals surface area contributed by atoms with Crippen LogP contribution in [0.2, 0.25) is 0 Å². The summed E-state index contributed by atoms with van der Waals surface area (Å²) in [6.45, 7) is 5.69. The summed E-state index contributed by atoms with van der Waals surface area (Å²) in [5.41, 5.74) is 6.58. The van der Waals surface area contributed by atoms with E-state index in [0.717, 1.165) is 43.3 Å². The quantitative estimate of drug-likeness (QED) is 0.788. The summed E-state index contributed by atoms with van der Waals surface area (Å²) in [6.07, 6.45) is 1.93. The van der Waals surface area contributed by atoms with Crippen LogP contribution in [0.4, 0.5) is 5.82 Å². The Balaban J connectivity index is 2.78. The van der Waals surface area contributed by atoms with Crippen molar-refractivity contribution >= 4 is 5.82 Å². The first kappa shape index (κ1) is 11.9. The third-order valence-electron chi connectivity index (χ3n) is 2.33. The van der Waals surface area contributed by atoms with Crippen LogP contribution in [0.3, 0.4) is 0 Å². The van der Waals surface area contributed by atoms with Gasteiger partial charge in [-0.3, -0.25) is 0 Å². The first-order valence-electron chi connectivity index (χ1n) is 5.43. The molecule has 15 heavy (non-hydrogen) atoms. The molecule has 0 spiro atoms. The molecule has 0 atom stereocenters. The van der Waals surface area contributed by atoms with Gasteiger partial charge < -0.3 is 10.6 Å². The number of aromatic nitrogens is 2. The van der Waals surface area contributed by atoms with E-state index in [2.05, 4.69) is 21.8 Å². The Bertz CT molecular complexity index is 311. The van der Waals surface area contributed by atoms with E-state index in [4.69, 9.17) is 5.73 Å². The second kappa shape index (κ2) is 5.66. The van der Waals surface area contributed by atoms with Crippen molar-refractivity contribution in [2.75, 3.05) is 25.0 Å². The molecule has 0 aliphatic carbocycles. The Labute approximate surface area is 91.5 Å². The van der Waals surface area contributed by atoms with Crippen LogP contribution in [0.25, 0.3) is 0 Å². The van der Waals surface area contributed by atoms with E-state index in [-0.39, 0.29) is 0 Å². The van der Waals surface area contributed by atoms with Crippen molar-refractivity contribution in [2.24, 2.45) is 5.73 Å². The molecule has 4 heteroatoms. The lowest BCUT2D eigenvalue weighted by atomic mass is 10.3. The average Bonchev–Trinajstić information content (AvgIpc) is 2.24. The normalized spacial score (nSPS) is 10.4. The number of anilines is 1. The molecule has 1 aromatic rings. The molecule has 0 saturated carbocycles. The van der Waals surface area contributed by atoms with Gasteiger partial charge in [0.05, 0.1) is 0 Å². The summed E-state index contributed by atoms with van der Waals surface area (Å²) in [5.74, 6) is 1.83. The number of rotatable bonds is 5. The fourth-order valence-corrected chi connectivity index (χ4v) is 1.43. The van der Waals surface area contributed by atoms with Gasteiger partial charge in [-0.15, -0.1) is 0 Å². The zero-order chi connectivity index (χ0) is 11.3. The first-order valence-corrected chi connectivity index (χ1v) is 5.43. The number of nitrogens with two attached hydrogens (primary N) is 1. The summed E-state index contributed by atoms with van der Waals surface area (Å²) in [7, 11) is 2.04. The zero-order valence-electron chi connectivity index (χ0n) is 9.82. The van der Waals surface area contributed by atoms with Crippen molar-refractivity contribution in [2.45, 2.75) is 26.7 Å². The van der Waals surface area contributed by atoms with Gasteiger partial charge in [0.1, 0.15) is 11.6 Å². The van der Waals surface area contributed by atoms with Gasteiger partial charge in [-0.1, -0.05) is 6.92 Å². The van der Waals surface area contributed by atoms with E-state index >= 15 is 0 Å². The van der Waals surface area contributed by atoms with Crippen LogP contribution < -0.4 is 10.6 Å². The smallest absolute Gasteiger partial charge is 0.132 e. The lowest BCUT2D eigenvalue weighted by Crippen LogP contribution is -2.22. The highest BCUT2D eigenvalue weighted by atomic mass is 15.2. The molecule has 0 aliphatic rings. The van der Waals surface area contributed by atoms with Crippen molar-refractivity contribution in [1.29, 1.82) is 0 Å². The molecule has 0 aliphatic heterocycles. The summed E-state index contributed by atoms with van der Waals surface area (Å²) in [6, 6.07) is 2.05. The van der Waals surface area contributed by atoms with Gasteiger partial charge in [0, 0.05) is 25.4 Å². The maximum atomic E-state index is 5.48. The van der Waals surface area contributed by atoms with Crippen LogP contribution in [-0.2, 0) is 6.42 Å². The second-order valence-electron chi connectivity index (χ2n) is 3.68. The van der Waals surface area contributed by atoms with Crippen LogP contribution in [0.15, 0.2) is 6.07 Å². The summed E-state index contributed by atoms with van der Waals surface area (Å²) in [4.78, 5) is 10.9. The molecule has 0 radical (unpaired) electrons. The number of hydrogen-bond acceptors (Lipinski definition) is 4. The van der Waals surface area contributed by atoms with Crippen molar-refractivity contribution < 1.29 is 0 Å². The number of nitrogens with zero attached hydrogens (tertiary/aromatic N) is 3. The Morgan fingerprint density at radius 2 is 2.13 bits per heavy atom. The van der Waals surface area contributed by atoms with Crippen molar-refractivity contribution in [1.82, 2.24) is 9.97 Å². The van der Waals surface area contributed by atoms with Gasteiger partial charge in [-0.25, -0.2) is 9.97 Å². The van der Waals surface area contributed by atoms with E-state index in [9.17, 15) is 0 Å². The maximum Gasteiger partial charge on any atom is 0.132 e. The van der Waals surface area contributed by atoms with Gasteiger partial charge in [0.25, 0.3) is 0 Å². The molecule has 1 aromatic heterocycles. The zero-order valence-corrected chi connectivity index (χ0v) is 9.82. The molecule has 1 rings (SSSR count). The fourth-order valence-electron chi connectivity index (χ4n) is 1.43. The Hall–Kier alpha value is -1.16. The third kappa shape index (κ3) is 3.47. The average molecular weight is 208 g/mol. The minimum absolute atomic E-state index is 0.717. The van der Waals surface area contributed by atoms with Crippen molar-refractivity contribution in [3.63, 3.8) is 0 Å². The van der Waals surface area contributed by atoms with Crippen LogP contribution in [0, 0.1) is 6.92 Å². The van der Waals surface area contributed by atoms with Crippen molar-refractivity contribution in [3.8, 4) is 0 Å². The van der Waals surface area contributed by atoms with E-state index < -0.39 is 0 Å². The molecule has 0 unspecified atom stereocenters. The molecule has 2 N–H and O–H groups in total. The molecule has 0 fully saturated rings. The van der Waals surface area contributed by atoms with E-state index in [0.29, 0.717) is 0 Å². The largest absolute Gasteiger partial charge is 0.360 e. The Morgan fingerprint density at radius 1 is 1.40 bits per heavy atom. The van der Waals surface area contributed by atoms with Crippen LogP contribution in [-0.4, -0.2) is 30.1 Å². The highest BCUT2D eigenvalue weighted by molar-refractivity contribution is 5.38. The summed E-state index contributed by atoms with van der Waals surface area (Å²) < 4.78 is 0. The van der Waals surface area contributed by atoms with E-state index in [1.54, 1.807) is 0 Å². The maximum absolute atomic E-state index is 5.48. The topological polar surface area (TPSA) is 55.0 Å². The van der Waals surface area contributed by atoms with Crippen LogP contribution >= 0.6 is 0 Å². The lowest BCUT2D eigenvalue weighted by molar-refractivity contribution is 0.779. The molecular formula is C11H20N4. The Morgan fingerprint density at radius 3 is 2.73 bits per heavy atom. The monoisotopic (exact) mass is 208 g/mol. The Kier molecular flexibility index (Phi) is 4.49. The molecular weight excluding hydrogens is 188 g/mol. The van der Waals surface area contributed by atoms with Gasteiger partial charge in [0.2, 0.25) is 0 Å². The van der Waals surface area contributed by atoms with E-state index in [1.807, 2.05) is 20.0 Å². The molecule has 0 amide bonds. The van der Waals surface area contributed by atoms with E-state index in [1.165, 1.54) is 0 Å². The van der Waals surface area contributed by atoms with Gasteiger partial charge >= 0.3 is 0 Å². The molecule has 4 nitrogen and oxygen atoms in total. The molecule has 0 aromatic carbocycles. The third-order valence-corrected chi connectivity index (χ3v) is 2.33. The summed E-state index contributed by atoms with van der Waals surface area (Å²) >= 11 is 0. The SMILES string of the molecule is CCc1cc(N(C)CCCN)nc(C)n1. The minimum atomic E-state index is 0.717. The predicted octanol–water partition coefficient (Wildman–Crippen LogP) is 1.13. The molecule has 1 heterocycles. The van der Waals surface area contributed by atoms with Gasteiger partial charge in [-0.05, 0) is 26.3 Å². The molecule has 84 valence electrons. The van der Waals surface area contributed by atoms with Crippen molar-refractivity contribution in [3.05, 3.63) is 17.6 Å². The number of aryl methyl sites for hydroxylation is 2.